The topological polar surface area (TPSA) is 52.1 Å². The smallest absolute Gasteiger partial charge is 0.224 e. The van der Waals surface area contributed by atoms with E-state index in [0.29, 0.717) is 22.9 Å². The van der Waals surface area contributed by atoms with E-state index in [0.717, 1.165) is 33.3 Å². The molecule has 4 aromatic carbocycles. The number of fused-ring (bicyclic) bond motifs is 2. The fraction of sp³-hybridized carbons (Fsp3) is 0.0667. The highest BCUT2D eigenvalue weighted by atomic mass is 19.1. The van der Waals surface area contributed by atoms with Gasteiger partial charge in [-0.3, -0.25) is 0 Å². The molecule has 6 heteroatoms. The van der Waals surface area contributed by atoms with E-state index in [2.05, 4.69) is 0 Å². The van der Waals surface area contributed by atoms with E-state index in [9.17, 15) is 8.78 Å². The van der Waals surface area contributed by atoms with E-state index in [-0.39, 0.29) is 23.5 Å². The number of hydrogen-bond donors (Lipinski definition) is 0. The fourth-order valence-corrected chi connectivity index (χ4v) is 5.09. The number of rotatable bonds is 4. The van der Waals surface area contributed by atoms with Gasteiger partial charge in [0.25, 0.3) is 0 Å². The Bertz CT molecular complexity index is 1700. The van der Waals surface area contributed by atoms with E-state index in [1.165, 1.54) is 24.3 Å². The van der Waals surface area contributed by atoms with Gasteiger partial charge in [0.1, 0.15) is 22.7 Å². The summed E-state index contributed by atoms with van der Waals surface area (Å²) < 4.78 is 40.1. The van der Waals surface area contributed by atoms with E-state index >= 15 is 0 Å². The fourth-order valence-electron chi connectivity index (χ4n) is 5.09. The zero-order valence-corrected chi connectivity index (χ0v) is 18.9. The summed E-state index contributed by atoms with van der Waals surface area (Å²) in [6.45, 7) is 0. The molecule has 0 spiro atoms. The summed E-state index contributed by atoms with van der Waals surface area (Å²) in [6.07, 6.45) is 0. The third kappa shape index (κ3) is 3.26. The monoisotopic (exact) mass is 476 g/mol. The van der Waals surface area contributed by atoms with Crippen LogP contribution in [0.2, 0.25) is 0 Å². The third-order valence-electron chi connectivity index (χ3n) is 6.73. The van der Waals surface area contributed by atoms with Crippen LogP contribution in [-0.4, -0.2) is 9.97 Å². The van der Waals surface area contributed by atoms with Crippen molar-refractivity contribution in [3.05, 3.63) is 132 Å². The lowest BCUT2D eigenvalue weighted by Crippen LogP contribution is -2.26. The maximum Gasteiger partial charge on any atom is 0.224 e. The van der Waals surface area contributed by atoms with Crippen LogP contribution in [0.15, 0.2) is 106 Å². The molecule has 0 bridgehead atoms. The zero-order valence-electron chi connectivity index (χ0n) is 18.9. The Morgan fingerprint density at radius 1 is 0.556 bits per heavy atom. The number of allylic oxidation sites excluding steroid dienone is 2. The van der Waals surface area contributed by atoms with Gasteiger partial charge in [-0.2, -0.15) is 0 Å². The third-order valence-corrected chi connectivity index (χ3v) is 6.73. The van der Waals surface area contributed by atoms with Crippen LogP contribution in [0.3, 0.4) is 0 Å². The molecule has 1 aliphatic rings. The van der Waals surface area contributed by atoms with Crippen molar-refractivity contribution >= 4 is 33.3 Å². The summed E-state index contributed by atoms with van der Waals surface area (Å²) in [4.78, 5) is 9.56. The highest BCUT2D eigenvalue weighted by molar-refractivity contribution is 6.03. The predicted octanol–water partition coefficient (Wildman–Crippen LogP) is 7.74. The minimum Gasteiger partial charge on any atom is -0.440 e. The van der Waals surface area contributed by atoms with Gasteiger partial charge in [-0.1, -0.05) is 48.5 Å². The van der Waals surface area contributed by atoms with Crippen LogP contribution in [0.4, 0.5) is 8.78 Å². The van der Waals surface area contributed by atoms with Crippen LogP contribution in [0.1, 0.15) is 34.7 Å². The quantitative estimate of drug-likeness (QED) is 0.261. The van der Waals surface area contributed by atoms with E-state index in [4.69, 9.17) is 18.8 Å². The maximum atomic E-state index is 13.9. The molecule has 2 aromatic heterocycles. The van der Waals surface area contributed by atoms with Crippen molar-refractivity contribution < 1.29 is 17.6 Å². The Kier molecular flexibility index (Phi) is 4.61. The first-order chi connectivity index (χ1) is 17.7. The molecule has 0 fully saturated rings. The second kappa shape index (κ2) is 7.99. The number of para-hydroxylation sites is 4. The molecule has 0 radical (unpaired) electrons. The lowest BCUT2D eigenvalue weighted by Gasteiger charge is -2.39. The summed E-state index contributed by atoms with van der Waals surface area (Å²) in [6, 6.07) is 27.9. The predicted molar refractivity (Wildman–Crippen MR) is 133 cm³/mol. The van der Waals surface area contributed by atoms with Crippen LogP contribution in [0.5, 0.6) is 0 Å². The number of aromatic nitrogens is 2. The standard InChI is InChI=1S/C30H18F2N2O2/c31-19-13-9-17(10-14-19)25-27(29-33-21-5-1-3-7-23(21)35-29)26(18-11-15-20(32)16-12-18)28(25)30-34-22-6-2-4-8-24(22)36-30/h1-16,25,27H. The second-order valence-electron chi connectivity index (χ2n) is 8.85. The van der Waals surface area contributed by atoms with Gasteiger partial charge in [0.05, 0.1) is 5.92 Å². The van der Waals surface area contributed by atoms with Gasteiger partial charge in [-0.05, 0) is 65.2 Å². The van der Waals surface area contributed by atoms with Crippen LogP contribution >= 0.6 is 0 Å². The van der Waals surface area contributed by atoms with Gasteiger partial charge in [0.2, 0.25) is 11.8 Å². The van der Waals surface area contributed by atoms with Gasteiger partial charge in [-0.25, -0.2) is 18.7 Å². The zero-order chi connectivity index (χ0) is 24.2. The van der Waals surface area contributed by atoms with Crippen LogP contribution in [-0.2, 0) is 0 Å². The summed E-state index contributed by atoms with van der Waals surface area (Å²) in [5.74, 6) is -0.203. The normalized spacial score (nSPS) is 17.6. The molecular weight excluding hydrogens is 458 g/mol. The Hall–Kier alpha value is -4.58. The van der Waals surface area contributed by atoms with Gasteiger partial charge in [0, 0.05) is 11.5 Å². The number of halogens is 2. The van der Waals surface area contributed by atoms with Crippen molar-refractivity contribution in [2.24, 2.45) is 0 Å². The molecule has 1 aliphatic carbocycles. The SMILES string of the molecule is Fc1ccc(C2=C(c3nc4ccccc4o3)C(c3ccc(F)cc3)C2c2nc3ccccc3o2)cc1. The van der Waals surface area contributed by atoms with Crippen molar-refractivity contribution in [1.29, 1.82) is 0 Å². The van der Waals surface area contributed by atoms with E-state index in [1.807, 2.05) is 48.5 Å². The molecule has 0 aliphatic heterocycles. The molecule has 174 valence electrons. The molecule has 0 saturated carbocycles. The Balaban J connectivity index is 1.50. The van der Waals surface area contributed by atoms with Crippen LogP contribution in [0, 0.1) is 11.6 Å². The highest BCUT2D eigenvalue weighted by Gasteiger charge is 2.48. The van der Waals surface area contributed by atoms with Crippen LogP contribution in [0.25, 0.3) is 33.3 Å². The first kappa shape index (κ1) is 20.8. The van der Waals surface area contributed by atoms with Crippen molar-refractivity contribution in [3.8, 4) is 0 Å². The summed E-state index contributed by atoms with van der Waals surface area (Å²) in [5, 5.41) is 0. The molecule has 2 atom stereocenters. The number of nitrogens with zero attached hydrogens (tertiary/aromatic N) is 2. The molecule has 6 aromatic rings. The molecule has 4 nitrogen and oxygen atoms in total. The van der Waals surface area contributed by atoms with Gasteiger partial charge in [0.15, 0.2) is 11.2 Å². The minimum atomic E-state index is -0.324. The molecule has 7 rings (SSSR count). The maximum absolute atomic E-state index is 13.9. The molecule has 0 amide bonds. The second-order valence-corrected chi connectivity index (χ2v) is 8.85. The van der Waals surface area contributed by atoms with Crippen molar-refractivity contribution in [2.45, 2.75) is 11.8 Å². The number of oxazole rings is 2. The summed E-state index contributed by atoms with van der Waals surface area (Å²) in [5.41, 5.74) is 6.27. The van der Waals surface area contributed by atoms with E-state index in [1.54, 1.807) is 24.3 Å². The number of benzene rings is 4. The molecule has 0 saturated heterocycles. The Morgan fingerprint density at radius 3 is 1.78 bits per heavy atom. The van der Waals surface area contributed by atoms with Gasteiger partial charge >= 0.3 is 0 Å². The lowest BCUT2D eigenvalue weighted by atomic mass is 9.62. The largest absolute Gasteiger partial charge is 0.440 e. The average Bonchev–Trinajstić information content (AvgIpc) is 3.49. The van der Waals surface area contributed by atoms with Crippen molar-refractivity contribution in [3.63, 3.8) is 0 Å². The molecule has 0 N–H and O–H groups in total. The number of hydrogen-bond acceptors (Lipinski definition) is 4. The molecule has 2 heterocycles. The van der Waals surface area contributed by atoms with Crippen molar-refractivity contribution in [2.75, 3.05) is 0 Å². The first-order valence-electron chi connectivity index (χ1n) is 11.6. The molecule has 2 unspecified atom stereocenters. The average molecular weight is 476 g/mol. The first-order valence-corrected chi connectivity index (χ1v) is 11.6. The van der Waals surface area contributed by atoms with Gasteiger partial charge in [-0.15, -0.1) is 0 Å². The summed E-state index contributed by atoms with van der Waals surface area (Å²) in [7, 11) is 0. The Labute approximate surface area is 204 Å². The molecular formula is C30H18F2N2O2. The van der Waals surface area contributed by atoms with Crippen molar-refractivity contribution in [1.82, 2.24) is 9.97 Å². The van der Waals surface area contributed by atoms with Gasteiger partial charge < -0.3 is 8.83 Å². The summed E-state index contributed by atoms with van der Waals surface area (Å²) >= 11 is 0. The minimum absolute atomic E-state index is 0.258. The highest BCUT2D eigenvalue weighted by Crippen LogP contribution is 2.61. The van der Waals surface area contributed by atoms with Crippen LogP contribution < -0.4 is 0 Å². The lowest BCUT2D eigenvalue weighted by molar-refractivity contribution is 0.476. The van der Waals surface area contributed by atoms with E-state index < -0.39 is 0 Å². The Morgan fingerprint density at radius 2 is 1.14 bits per heavy atom. The molecule has 36 heavy (non-hydrogen) atoms.